The molecular weight excluding hydrogens is 507 g/mol. The van der Waals surface area contributed by atoms with Crippen LogP contribution in [-0.4, -0.2) is 74.9 Å². The average molecular weight is 530 g/mol. The molecule has 3 heterocycles. The highest BCUT2D eigenvalue weighted by molar-refractivity contribution is 6.30. The number of hydrogen-bond acceptors (Lipinski definition) is 6. The van der Waals surface area contributed by atoms with Crippen molar-refractivity contribution >= 4 is 29.6 Å². The lowest BCUT2D eigenvalue weighted by atomic mass is 10.1. The van der Waals surface area contributed by atoms with E-state index in [2.05, 4.69) is 10.4 Å². The van der Waals surface area contributed by atoms with Gasteiger partial charge in [-0.3, -0.25) is 14.3 Å². The fourth-order valence-electron chi connectivity index (χ4n) is 4.12. The number of hydrogen-bond donors (Lipinski definition) is 2. The molecule has 2 aliphatic heterocycles. The summed E-state index contributed by atoms with van der Waals surface area (Å²) in [7, 11) is 0. The quantitative estimate of drug-likeness (QED) is 0.625. The van der Waals surface area contributed by atoms with Crippen LogP contribution in [0.15, 0.2) is 24.3 Å². The summed E-state index contributed by atoms with van der Waals surface area (Å²) in [5.41, 5.74) is -0.104. The first kappa shape index (κ1) is 25.8. The topological polar surface area (TPSA) is 117 Å². The van der Waals surface area contributed by atoms with Crippen LogP contribution in [0.5, 0.6) is 0 Å². The first-order chi connectivity index (χ1) is 17.0. The highest BCUT2D eigenvalue weighted by Crippen LogP contribution is 2.32. The van der Waals surface area contributed by atoms with Crippen molar-refractivity contribution in [2.45, 2.75) is 38.3 Å². The number of carbonyl (C=O) groups excluding carboxylic acids is 2. The SMILES string of the molecule is O=C(O)C1CN(C(=O)c2cc3n(n2)CCCN(C(=O)OCc2cc(Cl)cc(C(F)(F)F)c2)C3)CCN1. The number of ether oxygens (including phenoxy) is 1. The summed E-state index contributed by atoms with van der Waals surface area (Å²) in [5, 5.41) is 16.3. The first-order valence-corrected chi connectivity index (χ1v) is 11.5. The van der Waals surface area contributed by atoms with Gasteiger partial charge in [-0.15, -0.1) is 0 Å². The molecule has 36 heavy (non-hydrogen) atoms. The van der Waals surface area contributed by atoms with E-state index >= 15 is 0 Å². The van der Waals surface area contributed by atoms with Gasteiger partial charge in [-0.25, -0.2) is 4.79 Å². The maximum absolute atomic E-state index is 13.0. The minimum atomic E-state index is -4.58. The summed E-state index contributed by atoms with van der Waals surface area (Å²) >= 11 is 5.78. The molecule has 1 aromatic heterocycles. The van der Waals surface area contributed by atoms with Crippen molar-refractivity contribution in [1.29, 1.82) is 0 Å². The number of aliphatic carboxylic acids is 1. The molecule has 2 aromatic rings. The van der Waals surface area contributed by atoms with Gasteiger partial charge in [0.1, 0.15) is 12.6 Å². The Morgan fingerprint density at radius 1 is 1.14 bits per heavy atom. The number of piperazine rings is 1. The lowest BCUT2D eigenvalue weighted by Gasteiger charge is -2.31. The maximum atomic E-state index is 13.0. The van der Waals surface area contributed by atoms with Crippen LogP contribution >= 0.6 is 11.6 Å². The van der Waals surface area contributed by atoms with Crippen molar-refractivity contribution in [3.63, 3.8) is 0 Å². The zero-order valence-electron chi connectivity index (χ0n) is 18.9. The van der Waals surface area contributed by atoms with E-state index in [1.807, 2.05) is 0 Å². The number of halogens is 4. The van der Waals surface area contributed by atoms with Crippen molar-refractivity contribution in [1.82, 2.24) is 24.9 Å². The van der Waals surface area contributed by atoms with E-state index in [9.17, 15) is 32.7 Å². The Morgan fingerprint density at radius 2 is 1.92 bits per heavy atom. The van der Waals surface area contributed by atoms with Gasteiger partial charge >= 0.3 is 18.2 Å². The number of rotatable bonds is 4. The molecule has 10 nitrogen and oxygen atoms in total. The Bertz CT molecular complexity index is 1170. The minimum absolute atomic E-state index is 0.00830. The molecule has 0 spiro atoms. The van der Waals surface area contributed by atoms with Gasteiger partial charge in [-0.05, 0) is 36.2 Å². The molecule has 1 aromatic carbocycles. The summed E-state index contributed by atoms with van der Waals surface area (Å²) in [6.07, 6.45) is -4.79. The molecule has 4 rings (SSSR count). The molecule has 1 fully saturated rings. The number of aryl methyl sites for hydroxylation is 1. The van der Waals surface area contributed by atoms with Crippen LogP contribution in [0.25, 0.3) is 0 Å². The molecule has 1 atom stereocenters. The summed E-state index contributed by atoms with van der Waals surface area (Å²) in [5.74, 6) is -1.45. The van der Waals surface area contributed by atoms with Gasteiger partial charge in [-0.2, -0.15) is 18.3 Å². The zero-order chi connectivity index (χ0) is 26.0. The summed E-state index contributed by atoms with van der Waals surface area (Å²) in [6, 6.07) is 3.66. The van der Waals surface area contributed by atoms with Crippen molar-refractivity contribution in [2.24, 2.45) is 0 Å². The monoisotopic (exact) mass is 529 g/mol. The van der Waals surface area contributed by atoms with E-state index in [0.717, 1.165) is 12.1 Å². The highest BCUT2D eigenvalue weighted by Gasteiger charge is 2.32. The third kappa shape index (κ3) is 5.90. The molecule has 0 radical (unpaired) electrons. The van der Waals surface area contributed by atoms with Crippen LogP contribution < -0.4 is 5.32 Å². The van der Waals surface area contributed by atoms with Crippen LogP contribution in [0.4, 0.5) is 18.0 Å². The largest absolute Gasteiger partial charge is 0.480 e. The molecule has 2 N–H and O–H groups in total. The smallest absolute Gasteiger partial charge is 0.416 e. The lowest BCUT2D eigenvalue weighted by molar-refractivity contribution is -0.140. The number of nitrogens with one attached hydrogen (secondary N) is 1. The second-order valence-electron chi connectivity index (χ2n) is 8.52. The average Bonchev–Trinajstić information content (AvgIpc) is 3.12. The molecule has 1 unspecified atom stereocenters. The van der Waals surface area contributed by atoms with Crippen LogP contribution in [0, 0.1) is 0 Å². The standard InChI is InChI=1S/C22H23ClF3N5O5/c23-15-7-13(6-14(8-15)22(24,25)26)12-36-21(35)30-3-1-4-31-16(10-30)9-17(28-31)19(32)29-5-2-27-18(11-29)20(33)34/h6-9,18,27H,1-5,10-12H2,(H,33,34). The lowest BCUT2D eigenvalue weighted by Crippen LogP contribution is -2.55. The number of benzene rings is 1. The van der Waals surface area contributed by atoms with E-state index in [1.54, 1.807) is 10.7 Å². The number of nitrogens with zero attached hydrogens (tertiary/aromatic N) is 4. The first-order valence-electron chi connectivity index (χ1n) is 11.1. The maximum Gasteiger partial charge on any atom is 0.416 e. The van der Waals surface area contributed by atoms with Crippen molar-refractivity contribution in [3.8, 4) is 0 Å². The molecule has 2 amide bonds. The van der Waals surface area contributed by atoms with Gasteiger partial charge in [-0.1, -0.05) is 11.6 Å². The Labute approximate surface area is 208 Å². The number of alkyl halides is 3. The fraction of sp³-hybridized carbons (Fsp3) is 0.455. The number of amides is 2. The number of fused-ring (bicyclic) bond motifs is 1. The second-order valence-corrected chi connectivity index (χ2v) is 8.95. The molecule has 194 valence electrons. The van der Waals surface area contributed by atoms with Gasteiger partial charge in [0, 0.05) is 37.7 Å². The molecule has 2 aliphatic rings. The Morgan fingerprint density at radius 3 is 2.64 bits per heavy atom. The Kier molecular flexibility index (Phi) is 7.41. The van der Waals surface area contributed by atoms with E-state index in [-0.39, 0.29) is 29.4 Å². The van der Waals surface area contributed by atoms with Crippen molar-refractivity contribution in [2.75, 3.05) is 26.2 Å². The number of carbonyl (C=O) groups is 3. The van der Waals surface area contributed by atoms with E-state index in [1.165, 1.54) is 15.9 Å². The number of aromatic nitrogens is 2. The highest BCUT2D eigenvalue weighted by atomic mass is 35.5. The normalized spacial score (nSPS) is 18.4. The van der Waals surface area contributed by atoms with Crippen LogP contribution in [0.2, 0.25) is 5.02 Å². The van der Waals surface area contributed by atoms with Gasteiger partial charge in [0.15, 0.2) is 5.69 Å². The third-order valence-corrected chi connectivity index (χ3v) is 6.12. The third-order valence-electron chi connectivity index (χ3n) is 5.90. The number of carboxylic acids is 1. The van der Waals surface area contributed by atoms with Gasteiger partial charge in [0.2, 0.25) is 0 Å². The van der Waals surface area contributed by atoms with E-state index < -0.39 is 42.4 Å². The van der Waals surface area contributed by atoms with E-state index in [4.69, 9.17) is 16.3 Å². The summed E-state index contributed by atoms with van der Waals surface area (Å²) < 4.78 is 45.9. The predicted molar refractivity (Wildman–Crippen MR) is 119 cm³/mol. The van der Waals surface area contributed by atoms with Crippen LogP contribution in [0.3, 0.4) is 0 Å². The molecule has 0 bridgehead atoms. The number of carboxylic acid groups (broad SMARTS) is 1. The molecule has 0 aliphatic carbocycles. The summed E-state index contributed by atoms with van der Waals surface area (Å²) in [4.78, 5) is 39.6. The molecular formula is C22H23ClF3N5O5. The Hall–Kier alpha value is -3.32. The molecule has 0 saturated carbocycles. The zero-order valence-corrected chi connectivity index (χ0v) is 19.7. The Balaban J connectivity index is 1.41. The van der Waals surface area contributed by atoms with Crippen LogP contribution in [-0.2, 0) is 35.4 Å². The van der Waals surface area contributed by atoms with Crippen molar-refractivity contribution in [3.05, 3.63) is 51.8 Å². The second kappa shape index (κ2) is 10.3. The minimum Gasteiger partial charge on any atom is -0.480 e. The van der Waals surface area contributed by atoms with Gasteiger partial charge in [0.05, 0.1) is 17.8 Å². The molecule has 1 saturated heterocycles. The van der Waals surface area contributed by atoms with Gasteiger partial charge < -0.3 is 25.0 Å². The van der Waals surface area contributed by atoms with E-state index in [0.29, 0.717) is 38.3 Å². The molecule has 14 heteroatoms. The predicted octanol–water partition coefficient (Wildman–Crippen LogP) is 2.60. The van der Waals surface area contributed by atoms with Crippen LogP contribution in [0.1, 0.15) is 33.7 Å². The summed E-state index contributed by atoms with van der Waals surface area (Å²) in [6.45, 7) is 1.14. The fourth-order valence-corrected chi connectivity index (χ4v) is 4.38. The van der Waals surface area contributed by atoms with Crippen molar-refractivity contribution < 1.29 is 37.4 Å². The van der Waals surface area contributed by atoms with Gasteiger partial charge in [0.25, 0.3) is 5.91 Å².